The molecule has 2 aromatic rings. The average Bonchev–Trinajstić information content (AvgIpc) is 2.70. The Bertz CT molecular complexity index is 808. The minimum absolute atomic E-state index is 0.219. The molecule has 0 heterocycles. The number of rotatable bonds is 10. The largest absolute Gasteiger partial charge is 0.493 e. The van der Waals surface area contributed by atoms with Gasteiger partial charge < -0.3 is 14.8 Å². The summed E-state index contributed by atoms with van der Waals surface area (Å²) in [6.07, 6.45) is 3.18. The molecule has 0 bridgehead atoms. The van der Waals surface area contributed by atoms with Crippen LogP contribution in [-0.4, -0.2) is 24.2 Å². The summed E-state index contributed by atoms with van der Waals surface area (Å²) in [4.78, 5) is 12.7. The van der Waals surface area contributed by atoms with Crippen molar-refractivity contribution in [1.82, 2.24) is 5.32 Å². The molecule has 0 saturated carbocycles. The monoisotopic (exact) mass is 414 g/mol. The molecule has 0 saturated heterocycles. The number of nitrogens with one attached hydrogen (secondary N) is 2. The quantitative estimate of drug-likeness (QED) is 0.402. The number of thiocarbonyl (C=S) groups is 1. The number of hydrogen-bond acceptors (Lipinski definition) is 4. The molecular weight excluding hydrogens is 384 g/mol. The van der Waals surface area contributed by atoms with Crippen molar-refractivity contribution in [2.45, 2.75) is 40.0 Å². The molecule has 0 aliphatic rings. The summed E-state index contributed by atoms with van der Waals surface area (Å²) in [6, 6.07) is 14.7. The van der Waals surface area contributed by atoms with E-state index in [9.17, 15) is 4.79 Å². The van der Waals surface area contributed by atoms with E-state index in [1.165, 1.54) is 0 Å². The van der Waals surface area contributed by atoms with Crippen LogP contribution >= 0.6 is 12.2 Å². The number of amides is 1. The minimum atomic E-state index is -0.305. The van der Waals surface area contributed by atoms with Crippen molar-refractivity contribution in [3.63, 3.8) is 0 Å². The summed E-state index contributed by atoms with van der Waals surface area (Å²) in [5.41, 5.74) is 1.21. The van der Waals surface area contributed by atoms with Gasteiger partial charge >= 0.3 is 0 Å². The Balaban J connectivity index is 1.94. The van der Waals surface area contributed by atoms with E-state index in [4.69, 9.17) is 21.7 Å². The SMILES string of the molecule is CCCCCOc1ccccc1C(=O)NC(=S)Nc1cccc(OCC(C)C)c1. The molecule has 0 spiro atoms. The minimum Gasteiger partial charge on any atom is -0.493 e. The van der Waals surface area contributed by atoms with Gasteiger partial charge in [-0.05, 0) is 48.8 Å². The zero-order valence-corrected chi connectivity index (χ0v) is 18.2. The number of hydrogen-bond donors (Lipinski definition) is 2. The molecule has 2 rings (SSSR count). The molecule has 6 heteroatoms. The van der Waals surface area contributed by atoms with Crippen molar-refractivity contribution < 1.29 is 14.3 Å². The van der Waals surface area contributed by atoms with Gasteiger partial charge in [0.05, 0.1) is 18.8 Å². The molecule has 0 aliphatic heterocycles. The summed E-state index contributed by atoms with van der Waals surface area (Å²) in [5.74, 6) is 1.45. The lowest BCUT2D eigenvalue weighted by Gasteiger charge is -2.14. The van der Waals surface area contributed by atoms with E-state index in [-0.39, 0.29) is 11.0 Å². The van der Waals surface area contributed by atoms with E-state index in [0.29, 0.717) is 30.4 Å². The fraction of sp³-hybridized carbons (Fsp3) is 0.391. The number of carbonyl (C=O) groups excluding carboxylic acids is 1. The zero-order valence-electron chi connectivity index (χ0n) is 17.4. The first kappa shape index (κ1) is 22.7. The van der Waals surface area contributed by atoms with Crippen LogP contribution in [0.2, 0.25) is 0 Å². The van der Waals surface area contributed by atoms with Crippen molar-refractivity contribution in [2.75, 3.05) is 18.5 Å². The highest BCUT2D eigenvalue weighted by Gasteiger charge is 2.13. The molecule has 1 amide bonds. The van der Waals surface area contributed by atoms with Crippen molar-refractivity contribution in [1.29, 1.82) is 0 Å². The third-order valence-electron chi connectivity index (χ3n) is 4.04. The van der Waals surface area contributed by atoms with Gasteiger partial charge in [-0.3, -0.25) is 10.1 Å². The lowest BCUT2D eigenvalue weighted by atomic mass is 10.2. The number of anilines is 1. The van der Waals surface area contributed by atoms with Crippen LogP contribution in [0, 0.1) is 5.92 Å². The average molecular weight is 415 g/mol. The van der Waals surface area contributed by atoms with Gasteiger partial charge in [-0.2, -0.15) is 0 Å². The first-order chi connectivity index (χ1) is 14.0. The van der Waals surface area contributed by atoms with E-state index < -0.39 is 0 Å². The second kappa shape index (κ2) is 12.1. The molecule has 0 aliphatic carbocycles. The van der Waals surface area contributed by atoms with Crippen LogP contribution in [-0.2, 0) is 0 Å². The molecular formula is C23H30N2O3S. The predicted molar refractivity (Wildman–Crippen MR) is 122 cm³/mol. The van der Waals surface area contributed by atoms with E-state index in [0.717, 1.165) is 30.7 Å². The van der Waals surface area contributed by atoms with Crippen LogP contribution < -0.4 is 20.1 Å². The third-order valence-corrected chi connectivity index (χ3v) is 4.24. The van der Waals surface area contributed by atoms with Crippen LogP contribution in [0.1, 0.15) is 50.4 Å². The van der Waals surface area contributed by atoms with Gasteiger partial charge in [-0.15, -0.1) is 0 Å². The molecule has 29 heavy (non-hydrogen) atoms. The molecule has 0 aromatic heterocycles. The molecule has 2 N–H and O–H groups in total. The highest BCUT2D eigenvalue weighted by Crippen LogP contribution is 2.20. The Morgan fingerprint density at radius 2 is 1.86 bits per heavy atom. The van der Waals surface area contributed by atoms with Crippen LogP contribution in [0.4, 0.5) is 5.69 Å². The zero-order chi connectivity index (χ0) is 21.1. The predicted octanol–water partition coefficient (Wildman–Crippen LogP) is 5.42. The summed E-state index contributed by atoms with van der Waals surface area (Å²) in [7, 11) is 0. The van der Waals surface area contributed by atoms with E-state index >= 15 is 0 Å². The fourth-order valence-corrected chi connectivity index (χ4v) is 2.78. The molecule has 0 radical (unpaired) electrons. The molecule has 0 fully saturated rings. The van der Waals surface area contributed by atoms with Crippen LogP contribution in [0.5, 0.6) is 11.5 Å². The normalized spacial score (nSPS) is 10.5. The molecule has 0 unspecified atom stereocenters. The Morgan fingerprint density at radius 3 is 2.62 bits per heavy atom. The Morgan fingerprint density at radius 1 is 1.07 bits per heavy atom. The van der Waals surface area contributed by atoms with E-state index in [2.05, 4.69) is 31.4 Å². The second-order valence-electron chi connectivity index (χ2n) is 7.19. The topological polar surface area (TPSA) is 59.6 Å². The first-order valence-electron chi connectivity index (χ1n) is 10.1. The smallest absolute Gasteiger partial charge is 0.261 e. The van der Waals surface area contributed by atoms with E-state index in [1.54, 1.807) is 18.2 Å². The second-order valence-corrected chi connectivity index (χ2v) is 7.60. The van der Waals surface area contributed by atoms with Gasteiger partial charge in [0, 0.05) is 11.8 Å². The van der Waals surface area contributed by atoms with Gasteiger partial charge in [0.2, 0.25) is 0 Å². The third kappa shape index (κ3) is 8.11. The van der Waals surface area contributed by atoms with Crippen molar-refractivity contribution >= 4 is 28.9 Å². The molecule has 156 valence electrons. The maximum absolute atomic E-state index is 12.7. The molecule has 0 atom stereocenters. The van der Waals surface area contributed by atoms with Crippen LogP contribution in [0.25, 0.3) is 0 Å². The lowest BCUT2D eigenvalue weighted by molar-refractivity contribution is 0.0973. The summed E-state index contributed by atoms with van der Waals surface area (Å²) in [5, 5.41) is 5.96. The van der Waals surface area contributed by atoms with Crippen LogP contribution in [0.15, 0.2) is 48.5 Å². The Labute approximate surface area is 178 Å². The maximum Gasteiger partial charge on any atom is 0.261 e. The van der Waals surface area contributed by atoms with Crippen molar-refractivity contribution in [2.24, 2.45) is 5.92 Å². The number of carbonyl (C=O) groups is 1. The fourth-order valence-electron chi connectivity index (χ4n) is 2.57. The number of ether oxygens (including phenoxy) is 2. The van der Waals surface area contributed by atoms with Crippen LogP contribution in [0.3, 0.4) is 0 Å². The molecule has 5 nitrogen and oxygen atoms in total. The van der Waals surface area contributed by atoms with Gasteiger partial charge in [0.15, 0.2) is 5.11 Å². The Hall–Kier alpha value is -2.60. The highest BCUT2D eigenvalue weighted by atomic mass is 32.1. The maximum atomic E-state index is 12.7. The number of unbranched alkanes of at least 4 members (excludes halogenated alkanes) is 2. The van der Waals surface area contributed by atoms with Crippen molar-refractivity contribution in [3.05, 3.63) is 54.1 Å². The Kier molecular flexibility index (Phi) is 9.44. The summed E-state index contributed by atoms with van der Waals surface area (Å²) < 4.78 is 11.5. The standard InChI is InChI=1S/C23H30N2O3S/c1-4-5-8-14-27-21-13-7-6-12-20(21)22(26)25-23(29)24-18-10-9-11-19(15-18)28-16-17(2)3/h6-7,9-13,15,17H,4-5,8,14,16H2,1-3H3,(H2,24,25,26,29). The molecule has 2 aromatic carbocycles. The summed E-state index contributed by atoms with van der Waals surface area (Å²) >= 11 is 5.30. The first-order valence-corrected chi connectivity index (χ1v) is 10.5. The summed E-state index contributed by atoms with van der Waals surface area (Å²) in [6.45, 7) is 7.56. The van der Waals surface area contributed by atoms with Gasteiger partial charge in [-0.1, -0.05) is 51.8 Å². The van der Waals surface area contributed by atoms with Crippen molar-refractivity contribution in [3.8, 4) is 11.5 Å². The van der Waals surface area contributed by atoms with Gasteiger partial charge in [0.25, 0.3) is 5.91 Å². The number of para-hydroxylation sites is 1. The lowest BCUT2D eigenvalue weighted by Crippen LogP contribution is -2.34. The van der Waals surface area contributed by atoms with E-state index in [1.807, 2.05) is 30.3 Å². The van der Waals surface area contributed by atoms with Gasteiger partial charge in [-0.25, -0.2) is 0 Å². The van der Waals surface area contributed by atoms with Gasteiger partial charge in [0.1, 0.15) is 11.5 Å². The highest BCUT2D eigenvalue weighted by molar-refractivity contribution is 7.80. The number of benzene rings is 2.